The third kappa shape index (κ3) is 4.37. The zero-order chi connectivity index (χ0) is 18.5. The highest BCUT2D eigenvalue weighted by molar-refractivity contribution is 7.14. The predicted molar refractivity (Wildman–Crippen MR) is 107 cm³/mol. The van der Waals surface area contributed by atoms with Gasteiger partial charge in [-0.3, -0.25) is 14.9 Å². The van der Waals surface area contributed by atoms with Crippen LogP contribution in [0.3, 0.4) is 0 Å². The molecule has 0 aliphatic rings. The molecule has 7 heteroatoms. The van der Waals surface area contributed by atoms with E-state index in [2.05, 4.69) is 34.9 Å². The number of nitrogens with two attached hydrogens (primary N) is 1. The van der Waals surface area contributed by atoms with Gasteiger partial charge in [-0.2, -0.15) is 0 Å². The average Bonchev–Trinajstić information content (AvgIpc) is 3.28. The van der Waals surface area contributed by atoms with E-state index in [0.29, 0.717) is 10.6 Å². The van der Waals surface area contributed by atoms with Gasteiger partial charge in [0.25, 0.3) is 5.91 Å². The van der Waals surface area contributed by atoms with Gasteiger partial charge in [0, 0.05) is 4.88 Å². The highest BCUT2D eigenvalue weighted by Gasteiger charge is 2.17. The van der Waals surface area contributed by atoms with E-state index < -0.39 is 5.91 Å². The van der Waals surface area contributed by atoms with Crippen molar-refractivity contribution in [2.45, 2.75) is 13.0 Å². The van der Waals surface area contributed by atoms with Crippen LogP contribution in [0.1, 0.15) is 32.4 Å². The lowest BCUT2D eigenvalue weighted by atomic mass is 10.0. The molecule has 4 N–H and O–H groups in total. The van der Waals surface area contributed by atoms with Gasteiger partial charge in [0.05, 0.1) is 18.2 Å². The van der Waals surface area contributed by atoms with Crippen molar-refractivity contribution in [3.63, 3.8) is 0 Å². The van der Waals surface area contributed by atoms with Crippen LogP contribution in [-0.4, -0.2) is 18.4 Å². The molecule has 0 saturated heterocycles. The van der Waals surface area contributed by atoms with Gasteiger partial charge in [0.2, 0.25) is 5.91 Å². The number of carbonyl (C=O) groups is 2. The monoisotopic (exact) mass is 385 g/mol. The fraction of sp³-hybridized carbons (Fsp3) is 0.158. The zero-order valence-corrected chi connectivity index (χ0v) is 15.8. The molecule has 0 bridgehead atoms. The van der Waals surface area contributed by atoms with Gasteiger partial charge in [-0.1, -0.05) is 35.9 Å². The molecule has 5 nitrogen and oxygen atoms in total. The van der Waals surface area contributed by atoms with Crippen molar-refractivity contribution >= 4 is 39.5 Å². The molecule has 26 heavy (non-hydrogen) atoms. The Morgan fingerprint density at radius 2 is 1.85 bits per heavy atom. The van der Waals surface area contributed by atoms with E-state index in [9.17, 15) is 9.59 Å². The van der Waals surface area contributed by atoms with Crippen LogP contribution in [0, 0.1) is 6.92 Å². The molecule has 0 spiro atoms. The van der Waals surface area contributed by atoms with Crippen molar-refractivity contribution in [3.05, 3.63) is 74.8 Å². The first-order valence-electron chi connectivity index (χ1n) is 8.05. The molecule has 134 valence electrons. The number of benzene rings is 1. The lowest BCUT2D eigenvalue weighted by molar-refractivity contribution is -0.115. The molecule has 0 saturated carbocycles. The van der Waals surface area contributed by atoms with Crippen LogP contribution in [0.4, 0.5) is 5.00 Å². The number of hydrogen-bond donors (Lipinski definition) is 3. The number of anilines is 1. The van der Waals surface area contributed by atoms with Gasteiger partial charge in [-0.25, -0.2) is 0 Å². The summed E-state index contributed by atoms with van der Waals surface area (Å²) in [7, 11) is 0. The summed E-state index contributed by atoms with van der Waals surface area (Å²) < 4.78 is 0. The Hall–Kier alpha value is -2.48. The van der Waals surface area contributed by atoms with Crippen molar-refractivity contribution in [1.82, 2.24) is 5.32 Å². The summed E-state index contributed by atoms with van der Waals surface area (Å²) in [5.74, 6) is -0.769. The lowest BCUT2D eigenvalue weighted by Crippen LogP contribution is -2.31. The van der Waals surface area contributed by atoms with Crippen molar-refractivity contribution in [3.8, 4) is 0 Å². The molecule has 0 fully saturated rings. The van der Waals surface area contributed by atoms with Crippen LogP contribution >= 0.6 is 22.7 Å². The van der Waals surface area contributed by atoms with Crippen LogP contribution in [0.25, 0.3) is 0 Å². The Kier molecular flexibility index (Phi) is 5.82. The van der Waals surface area contributed by atoms with Crippen molar-refractivity contribution in [1.29, 1.82) is 0 Å². The molecule has 0 aliphatic heterocycles. The van der Waals surface area contributed by atoms with Crippen LogP contribution < -0.4 is 16.4 Å². The van der Waals surface area contributed by atoms with E-state index in [-0.39, 0.29) is 18.5 Å². The fourth-order valence-corrected chi connectivity index (χ4v) is 4.20. The largest absolute Gasteiger partial charge is 0.366 e. The Bertz CT molecular complexity index is 886. The predicted octanol–water partition coefficient (Wildman–Crippen LogP) is 3.53. The number of amides is 2. The Labute approximate surface area is 159 Å². The van der Waals surface area contributed by atoms with Crippen LogP contribution in [-0.2, 0) is 4.79 Å². The fourth-order valence-electron chi connectivity index (χ4n) is 2.56. The minimum absolute atomic E-state index is 0.0692. The van der Waals surface area contributed by atoms with Crippen LogP contribution in [0.2, 0.25) is 0 Å². The smallest absolute Gasteiger partial charge is 0.251 e. The van der Waals surface area contributed by atoms with Gasteiger partial charge in [0.1, 0.15) is 5.00 Å². The second-order valence-corrected chi connectivity index (χ2v) is 7.71. The molecule has 0 radical (unpaired) electrons. The SMILES string of the molecule is Cc1ccc([C@H](NCC(=O)Nc2sccc2C(N)=O)c2cccs2)cc1. The number of primary amides is 1. The summed E-state index contributed by atoms with van der Waals surface area (Å²) in [6.07, 6.45) is 0. The van der Waals surface area contributed by atoms with Gasteiger partial charge in [0.15, 0.2) is 0 Å². The molecule has 3 rings (SSSR count). The molecule has 2 heterocycles. The summed E-state index contributed by atoms with van der Waals surface area (Å²) in [5.41, 5.74) is 7.93. The zero-order valence-electron chi connectivity index (χ0n) is 14.2. The van der Waals surface area contributed by atoms with E-state index in [0.717, 1.165) is 10.4 Å². The minimum atomic E-state index is -0.550. The summed E-state index contributed by atoms with van der Waals surface area (Å²) in [5, 5.41) is 10.3. The highest BCUT2D eigenvalue weighted by Crippen LogP contribution is 2.26. The third-order valence-corrected chi connectivity index (χ3v) is 5.66. The molecule has 2 amide bonds. The maximum Gasteiger partial charge on any atom is 0.251 e. The molecule has 2 aromatic heterocycles. The van der Waals surface area contributed by atoms with E-state index in [4.69, 9.17) is 5.73 Å². The first-order chi connectivity index (χ1) is 12.5. The maximum atomic E-state index is 12.3. The normalized spacial score (nSPS) is 11.9. The van der Waals surface area contributed by atoms with E-state index >= 15 is 0 Å². The number of thiophene rings is 2. The average molecular weight is 386 g/mol. The van der Waals surface area contributed by atoms with Gasteiger partial charge in [-0.05, 0) is 35.4 Å². The Balaban J connectivity index is 1.70. The third-order valence-electron chi connectivity index (χ3n) is 3.89. The lowest BCUT2D eigenvalue weighted by Gasteiger charge is -2.18. The molecule has 1 atom stereocenters. The Morgan fingerprint density at radius 3 is 2.50 bits per heavy atom. The molecular formula is C19H19N3O2S2. The van der Waals surface area contributed by atoms with Gasteiger partial charge < -0.3 is 11.1 Å². The second kappa shape index (κ2) is 8.27. The first-order valence-corrected chi connectivity index (χ1v) is 9.81. The summed E-state index contributed by atoms with van der Waals surface area (Å²) >= 11 is 2.92. The van der Waals surface area contributed by atoms with Crippen molar-refractivity contribution in [2.75, 3.05) is 11.9 Å². The number of hydrogen-bond acceptors (Lipinski definition) is 5. The number of aryl methyl sites for hydroxylation is 1. The Morgan fingerprint density at radius 1 is 1.08 bits per heavy atom. The van der Waals surface area contributed by atoms with Crippen molar-refractivity contribution < 1.29 is 9.59 Å². The summed E-state index contributed by atoms with van der Waals surface area (Å²) in [6, 6.07) is 13.8. The van der Waals surface area contributed by atoms with Gasteiger partial charge >= 0.3 is 0 Å². The number of rotatable bonds is 7. The van der Waals surface area contributed by atoms with E-state index in [1.165, 1.54) is 16.9 Å². The van der Waals surface area contributed by atoms with Gasteiger partial charge in [-0.15, -0.1) is 22.7 Å². The number of nitrogens with one attached hydrogen (secondary N) is 2. The quantitative estimate of drug-likeness (QED) is 0.582. The standard InChI is InChI=1S/C19H19N3O2S2/c1-12-4-6-13(7-5-12)17(15-3-2-9-25-15)21-11-16(23)22-19-14(18(20)24)8-10-26-19/h2-10,17,21H,11H2,1H3,(H2,20,24)(H,22,23)/t17-/m0/s1. The van der Waals surface area contributed by atoms with E-state index in [1.807, 2.05) is 24.4 Å². The van der Waals surface area contributed by atoms with Crippen LogP contribution in [0.15, 0.2) is 53.2 Å². The van der Waals surface area contributed by atoms with E-state index in [1.54, 1.807) is 22.8 Å². The second-order valence-electron chi connectivity index (χ2n) is 5.82. The molecule has 1 aromatic carbocycles. The molecular weight excluding hydrogens is 366 g/mol. The minimum Gasteiger partial charge on any atom is -0.366 e. The topological polar surface area (TPSA) is 84.2 Å². The molecule has 0 aliphatic carbocycles. The molecule has 3 aromatic rings. The molecule has 0 unspecified atom stereocenters. The van der Waals surface area contributed by atoms with Crippen LogP contribution in [0.5, 0.6) is 0 Å². The summed E-state index contributed by atoms with van der Waals surface area (Å²) in [6.45, 7) is 2.16. The summed E-state index contributed by atoms with van der Waals surface area (Å²) in [4.78, 5) is 24.8. The highest BCUT2D eigenvalue weighted by atomic mass is 32.1. The first kappa shape index (κ1) is 18.3. The maximum absolute atomic E-state index is 12.3. The number of carbonyl (C=O) groups excluding carboxylic acids is 2. The van der Waals surface area contributed by atoms with Crippen molar-refractivity contribution in [2.24, 2.45) is 5.73 Å².